The molecule has 1 atom stereocenters. The van der Waals surface area contributed by atoms with E-state index in [-0.39, 0.29) is 11.5 Å². The van der Waals surface area contributed by atoms with Crippen molar-refractivity contribution in [3.8, 4) is 0 Å². The molecule has 0 saturated carbocycles. The molecule has 1 aliphatic carbocycles. The van der Waals surface area contributed by atoms with Crippen LogP contribution in [0.15, 0.2) is 24.3 Å². The maximum absolute atomic E-state index is 7.16. The molecule has 0 saturated heterocycles. The SMILES string of the molecule is CC(C)[Si](O[C@H]1c2ccccc2CC1(C)C)(C(C)C)C(C)C. The molecule has 0 bridgehead atoms. The lowest BCUT2D eigenvalue weighted by molar-refractivity contribution is 0.0720. The highest BCUT2D eigenvalue weighted by Gasteiger charge is 2.51. The Balaban J connectivity index is 2.46. The van der Waals surface area contributed by atoms with Gasteiger partial charge in [-0.15, -0.1) is 0 Å². The van der Waals surface area contributed by atoms with Gasteiger partial charge in [0.05, 0.1) is 6.10 Å². The molecule has 124 valence electrons. The second-order valence-corrected chi connectivity index (χ2v) is 14.1. The number of fused-ring (bicyclic) bond motifs is 1. The van der Waals surface area contributed by atoms with Crippen molar-refractivity contribution in [1.82, 2.24) is 0 Å². The predicted molar refractivity (Wildman–Crippen MR) is 98.8 cm³/mol. The van der Waals surface area contributed by atoms with Gasteiger partial charge in [-0.25, -0.2) is 0 Å². The summed E-state index contributed by atoms with van der Waals surface area (Å²) in [6.07, 6.45) is 1.38. The summed E-state index contributed by atoms with van der Waals surface area (Å²) in [4.78, 5) is 0. The Morgan fingerprint density at radius 1 is 0.955 bits per heavy atom. The molecule has 0 radical (unpaired) electrons. The third-order valence-corrected chi connectivity index (χ3v) is 11.8. The number of benzene rings is 1. The summed E-state index contributed by atoms with van der Waals surface area (Å²) >= 11 is 0. The third kappa shape index (κ3) is 2.80. The first-order chi connectivity index (χ1) is 10.1. The van der Waals surface area contributed by atoms with E-state index in [1.165, 1.54) is 11.1 Å². The zero-order valence-electron chi connectivity index (χ0n) is 15.7. The van der Waals surface area contributed by atoms with Crippen molar-refractivity contribution in [2.45, 2.75) is 84.5 Å². The van der Waals surface area contributed by atoms with Gasteiger partial charge in [-0.2, -0.15) is 0 Å². The van der Waals surface area contributed by atoms with Crippen molar-refractivity contribution < 1.29 is 4.43 Å². The van der Waals surface area contributed by atoms with Crippen LogP contribution in [0, 0.1) is 5.41 Å². The van der Waals surface area contributed by atoms with Crippen molar-refractivity contribution in [3.05, 3.63) is 35.4 Å². The molecule has 0 amide bonds. The van der Waals surface area contributed by atoms with Crippen LogP contribution in [0.25, 0.3) is 0 Å². The summed E-state index contributed by atoms with van der Waals surface area (Å²) in [7, 11) is -1.85. The van der Waals surface area contributed by atoms with Gasteiger partial charge in [0.1, 0.15) is 0 Å². The lowest BCUT2D eigenvalue weighted by Gasteiger charge is -2.46. The van der Waals surface area contributed by atoms with Crippen LogP contribution in [0.3, 0.4) is 0 Å². The van der Waals surface area contributed by atoms with Crippen LogP contribution in [0.2, 0.25) is 16.6 Å². The summed E-state index contributed by atoms with van der Waals surface area (Å²) < 4.78 is 7.16. The van der Waals surface area contributed by atoms with E-state index in [1.807, 2.05) is 0 Å². The van der Waals surface area contributed by atoms with Crippen molar-refractivity contribution in [2.24, 2.45) is 5.41 Å². The second kappa shape index (κ2) is 6.12. The largest absolute Gasteiger partial charge is 0.409 e. The first-order valence-electron chi connectivity index (χ1n) is 8.88. The fourth-order valence-electron chi connectivity index (χ4n) is 4.79. The molecule has 0 N–H and O–H groups in total. The summed E-state index contributed by atoms with van der Waals surface area (Å²) in [5.41, 5.74) is 5.02. The van der Waals surface area contributed by atoms with Crippen LogP contribution in [-0.4, -0.2) is 8.32 Å². The molecule has 0 unspecified atom stereocenters. The maximum atomic E-state index is 7.16. The first kappa shape index (κ1) is 17.7. The van der Waals surface area contributed by atoms with E-state index in [0.717, 1.165) is 6.42 Å². The van der Waals surface area contributed by atoms with Gasteiger partial charge in [0, 0.05) is 0 Å². The summed E-state index contributed by atoms with van der Waals surface area (Å²) in [6.45, 7) is 19.0. The summed E-state index contributed by atoms with van der Waals surface area (Å²) in [6, 6.07) is 8.90. The molecule has 0 fully saturated rings. The van der Waals surface area contributed by atoms with Gasteiger partial charge < -0.3 is 4.43 Å². The molecule has 1 aliphatic rings. The molecule has 1 aromatic carbocycles. The highest BCUT2D eigenvalue weighted by atomic mass is 28.4. The number of hydrogen-bond acceptors (Lipinski definition) is 1. The lowest BCUT2D eigenvalue weighted by Crippen LogP contribution is -2.49. The molecule has 0 aliphatic heterocycles. The van der Waals surface area contributed by atoms with Crippen molar-refractivity contribution in [2.75, 3.05) is 0 Å². The van der Waals surface area contributed by atoms with E-state index < -0.39 is 8.32 Å². The quantitative estimate of drug-likeness (QED) is 0.563. The topological polar surface area (TPSA) is 9.23 Å². The maximum Gasteiger partial charge on any atom is 0.201 e. The number of hydrogen-bond donors (Lipinski definition) is 0. The van der Waals surface area contributed by atoms with E-state index >= 15 is 0 Å². The number of rotatable bonds is 5. The minimum absolute atomic E-state index is 0.195. The Hall–Kier alpha value is -0.603. The first-order valence-corrected chi connectivity index (χ1v) is 11.0. The van der Waals surface area contributed by atoms with Crippen LogP contribution in [0.4, 0.5) is 0 Å². The average molecular weight is 319 g/mol. The summed E-state index contributed by atoms with van der Waals surface area (Å²) in [5, 5.41) is 0. The smallest absolute Gasteiger partial charge is 0.201 e. The Bertz CT molecular complexity index is 494. The second-order valence-electron chi connectivity index (χ2n) is 8.68. The van der Waals surface area contributed by atoms with E-state index in [4.69, 9.17) is 4.43 Å². The van der Waals surface area contributed by atoms with Crippen LogP contribution in [0.1, 0.15) is 72.6 Å². The van der Waals surface area contributed by atoms with Gasteiger partial charge in [0.25, 0.3) is 0 Å². The van der Waals surface area contributed by atoms with Crippen LogP contribution in [-0.2, 0) is 10.8 Å². The monoisotopic (exact) mass is 318 g/mol. The lowest BCUT2D eigenvalue weighted by atomic mass is 9.87. The van der Waals surface area contributed by atoms with Crippen molar-refractivity contribution in [1.29, 1.82) is 0 Å². The molecule has 2 heteroatoms. The van der Waals surface area contributed by atoms with Crippen molar-refractivity contribution in [3.63, 3.8) is 0 Å². The normalized spacial score (nSPS) is 21.0. The van der Waals surface area contributed by atoms with E-state index in [1.54, 1.807) is 0 Å². The van der Waals surface area contributed by atoms with Gasteiger partial charge in [-0.05, 0) is 39.6 Å². The van der Waals surface area contributed by atoms with Crippen LogP contribution in [0.5, 0.6) is 0 Å². The van der Waals surface area contributed by atoms with Crippen LogP contribution < -0.4 is 0 Å². The Morgan fingerprint density at radius 2 is 1.45 bits per heavy atom. The Labute approximate surface area is 138 Å². The fraction of sp³-hybridized carbons (Fsp3) is 0.700. The minimum Gasteiger partial charge on any atom is -0.409 e. The Morgan fingerprint density at radius 3 is 1.95 bits per heavy atom. The average Bonchev–Trinajstić information content (AvgIpc) is 2.64. The molecule has 0 spiro atoms. The van der Waals surface area contributed by atoms with Gasteiger partial charge in [0.15, 0.2) is 0 Å². The summed E-state index contributed by atoms with van der Waals surface area (Å²) in [5.74, 6) is 0. The standard InChI is InChI=1S/C20H34OSi/c1-14(2)22(15(3)4,16(5)6)21-19-18-12-10-9-11-17(18)13-20(19,7)8/h9-12,14-16,19H,13H2,1-8H3/t19-/m0/s1. The molecule has 2 rings (SSSR count). The third-order valence-electron chi connectivity index (χ3n) is 5.72. The molecular weight excluding hydrogens is 284 g/mol. The molecule has 0 aromatic heterocycles. The molecule has 0 heterocycles. The van der Waals surface area contributed by atoms with E-state index in [0.29, 0.717) is 16.6 Å². The van der Waals surface area contributed by atoms with E-state index in [9.17, 15) is 0 Å². The van der Waals surface area contributed by atoms with Crippen molar-refractivity contribution >= 4 is 8.32 Å². The fourth-order valence-corrected chi connectivity index (χ4v) is 10.5. The van der Waals surface area contributed by atoms with Gasteiger partial charge in [0.2, 0.25) is 8.32 Å². The predicted octanol–water partition coefficient (Wildman–Crippen LogP) is 6.50. The Kier molecular flexibility index (Phi) is 4.94. The van der Waals surface area contributed by atoms with Crippen LogP contribution >= 0.6 is 0 Å². The zero-order chi connectivity index (χ0) is 16.7. The molecule has 1 aromatic rings. The minimum atomic E-state index is -1.85. The van der Waals surface area contributed by atoms with Gasteiger partial charge in [-0.1, -0.05) is 79.7 Å². The zero-order valence-corrected chi connectivity index (χ0v) is 16.7. The van der Waals surface area contributed by atoms with Gasteiger partial charge >= 0.3 is 0 Å². The highest BCUT2D eigenvalue weighted by molar-refractivity contribution is 6.77. The molecular formula is C20H34OSi. The van der Waals surface area contributed by atoms with Gasteiger partial charge in [-0.3, -0.25) is 0 Å². The molecule has 1 nitrogen and oxygen atoms in total. The van der Waals surface area contributed by atoms with E-state index in [2.05, 4.69) is 79.7 Å². The molecule has 22 heavy (non-hydrogen) atoms. The highest BCUT2D eigenvalue weighted by Crippen LogP contribution is 2.53.